The Morgan fingerprint density at radius 1 is 1.10 bits per heavy atom. The number of fused-ring (bicyclic) bond motifs is 1. The largest absolute Gasteiger partial charge is 0.330 e. The van der Waals surface area contributed by atoms with Crippen molar-refractivity contribution in [2.45, 2.75) is 32.1 Å². The van der Waals surface area contributed by atoms with Gasteiger partial charge in [-0.2, -0.15) is 0 Å². The molecule has 0 aromatic heterocycles. The zero-order valence-corrected chi connectivity index (χ0v) is 11.7. The van der Waals surface area contributed by atoms with Crippen LogP contribution in [0.1, 0.15) is 41.6 Å². The van der Waals surface area contributed by atoms with Crippen LogP contribution in [0.2, 0.25) is 0 Å². The molecule has 1 aromatic rings. The molecule has 1 aromatic carbocycles. The molecular formula is C16H18F3NO. The van der Waals surface area contributed by atoms with Gasteiger partial charge in [-0.3, -0.25) is 4.79 Å². The molecular weight excluding hydrogens is 279 g/mol. The SMILES string of the molecule is NCC1CCC(C2Cc3cc(F)c(F)c(F)c3C2=O)CC1. The fourth-order valence-corrected chi connectivity index (χ4v) is 3.79. The molecule has 1 fully saturated rings. The maximum absolute atomic E-state index is 13.8. The second-order valence-electron chi connectivity index (χ2n) is 6.21. The Morgan fingerprint density at radius 2 is 1.76 bits per heavy atom. The van der Waals surface area contributed by atoms with Crippen LogP contribution < -0.4 is 5.73 Å². The predicted octanol–water partition coefficient (Wildman–Crippen LogP) is 3.22. The number of nitrogens with two attached hydrogens (primary N) is 1. The zero-order valence-electron chi connectivity index (χ0n) is 11.7. The van der Waals surface area contributed by atoms with E-state index in [1.807, 2.05) is 0 Å². The van der Waals surface area contributed by atoms with E-state index in [2.05, 4.69) is 0 Å². The fourth-order valence-electron chi connectivity index (χ4n) is 3.79. The molecule has 0 spiro atoms. The van der Waals surface area contributed by atoms with Gasteiger partial charge in [0.25, 0.3) is 0 Å². The highest BCUT2D eigenvalue weighted by Crippen LogP contribution is 2.41. The number of carbonyl (C=O) groups excluding carboxylic acids is 1. The third kappa shape index (κ3) is 2.37. The lowest BCUT2D eigenvalue weighted by Gasteiger charge is -2.30. The molecule has 0 heterocycles. The summed E-state index contributed by atoms with van der Waals surface area (Å²) in [5.74, 6) is -4.13. The summed E-state index contributed by atoms with van der Waals surface area (Å²) in [6.07, 6.45) is 4.00. The number of hydrogen-bond acceptors (Lipinski definition) is 2. The first-order valence-electron chi connectivity index (χ1n) is 7.43. The van der Waals surface area contributed by atoms with E-state index in [9.17, 15) is 18.0 Å². The molecule has 2 nitrogen and oxygen atoms in total. The summed E-state index contributed by atoms with van der Waals surface area (Å²) in [6, 6.07) is 0.969. The molecule has 2 aliphatic carbocycles. The third-order valence-electron chi connectivity index (χ3n) is 5.06. The summed E-state index contributed by atoms with van der Waals surface area (Å²) in [4.78, 5) is 12.4. The van der Waals surface area contributed by atoms with Gasteiger partial charge in [-0.25, -0.2) is 13.2 Å². The van der Waals surface area contributed by atoms with Crippen LogP contribution in [-0.2, 0) is 6.42 Å². The minimum absolute atomic E-state index is 0.165. The van der Waals surface area contributed by atoms with E-state index >= 15 is 0 Å². The Bertz CT molecular complexity index is 579. The molecule has 2 N–H and O–H groups in total. The van der Waals surface area contributed by atoms with Crippen molar-refractivity contribution in [2.75, 3.05) is 6.54 Å². The van der Waals surface area contributed by atoms with Gasteiger partial charge < -0.3 is 5.73 Å². The smallest absolute Gasteiger partial charge is 0.195 e. The number of rotatable bonds is 2. The van der Waals surface area contributed by atoms with Gasteiger partial charge in [-0.15, -0.1) is 0 Å². The highest BCUT2D eigenvalue weighted by atomic mass is 19.2. The monoisotopic (exact) mass is 297 g/mol. The van der Waals surface area contributed by atoms with Gasteiger partial charge in [0.1, 0.15) is 0 Å². The Hall–Kier alpha value is -1.36. The standard InChI is InChI=1S/C16H18F3NO/c17-12-6-10-5-11(9-3-1-8(7-20)2-4-9)16(21)13(10)15(19)14(12)18/h6,8-9,11H,1-5,7,20H2. The molecule has 1 atom stereocenters. The van der Waals surface area contributed by atoms with E-state index in [1.165, 1.54) is 0 Å². The molecule has 0 amide bonds. The first kappa shape index (κ1) is 14.6. The van der Waals surface area contributed by atoms with E-state index in [-0.39, 0.29) is 23.2 Å². The number of ketones is 1. The van der Waals surface area contributed by atoms with Crippen LogP contribution in [0.4, 0.5) is 13.2 Å². The Labute approximate surface area is 121 Å². The molecule has 21 heavy (non-hydrogen) atoms. The van der Waals surface area contributed by atoms with Crippen LogP contribution in [-0.4, -0.2) is 12.3 Å². The lowest BCUT2D eigenvalue weighted by atomic mass is 9.74. The van der Waals surface area contributed by atoms with Gasteiger partial charge in [-0.1, -0.05) is 0 Å². The molecule has 5 heteroatoms. The van der Waals surface area contributed by atoms with Gasteiger partial charge in [0.05, 0.1) is 5.56 Å². The van der Waals surface area contributed by atoms with E-state index < -0.39 is 17.5 Å². The molecule has 114 valence electrons. The van der Waals surface area contributed by atoms with Gasteiger partial charge in [0, 0.05) is 5.92 Å². The molecule has 3 rings (SSSR count). The molecule has 1 saturated carbocycles. The first-order valence-corrected chi connectivity index (χ1v) is 7.43. The van der Waals surface area contributed by atoms with Crippen LogP contribution in [0.3, 0.4) is 0 Å². The lowest BCUT2D eigenvalue weighted by Crippen LogP contribution is -2.28. The summed E-state index contributed by atoms with van der Waals surface area (Å²) in [7, 11) is 0. The molecule has 0 bridgehead atoms. The van der Waals surface area contributed by atoms with Crippen LogP contribution in [0, 0.1) is 35.2 Å². The highest BCUT2D eigenvalue weighted by molar-refractivity contribution is 6.02. The summed E-state index contributed by atoms with van der Waals surface area (Å²) in [6.45, 7) is 0.649. The average Bonchev–Trinajstić information content (AvgIpc) is 2.82. The Kier molecular flexibility index (Phi) is 3.78. The number of carbonyl (C=O) groups is 1. The van der Waals surface area contributed by atoms with E-state index in [1.54, 1.807) is 0 Å². The van der Waals surface area contributed by atoms with Crippen molar-refractivity contribution in [1.82, 2.24) is 0 Å². The molecule has 0 aliphatic heterocycles. The van der Waals surface area contributed by atoms with Crippen molar-refractivity contribution in [3.8, 4) is 0 Å². The minimum atomic E-state index is -1.55. The van der Waals surface area contributed by atoms with Crippen LogP contribution >= 0.6 is 0 Å². The van der Waals surface area contributed by atoms with Gasteiger partial charge in [-0.05, 0) is 62.1 Å². The van der Waals surface area contributed by atoms with Crippen molar-refractivity contribution in [1.29, 1.82) is 0 Å². The fraction of sp³-hybridized carbons (Fsp3) is 0.562. The number of hydrogen-bond donors (Lipinski definition) is 1. The van der Waals surface area contributed by atoms with Gasteiger partial charge >= 0.3 is 0 Å². The van der Waals surface area contributed by atoms with E-state index in [0.29, 0.717) is 24.4 Å². The molecule has 1 unspecified atom stereocenters. The summed E-state index contributed by atoms with van der Waals surface area (Å²) < 4.78 is 40.4. The van der Waals surface area contributed by atoms with Crippen LogP contribution in [0.15, 0.2) is 6.07 Å². The number of Topliss-reactive ketones (excluding diaryl/α,β-unsaturated/α-hetero) is 1. The number of benzene rings is 1. The van der Waals surface area contributed by atoms with Crippen LogP contribution in [0.5, 0.6) is 0 Å². The van der Waals surface area contributed by atoms with Crippen molar-refractivity contribution >= 4 is 5.78 Å². The maximum Gasteiger partial charge on any atom is 0.195 e. The topological polar surface area (TPSA) is 43.1 Å². The second kappa shape index (κ2) is 5.44. The second-order valence-corrected chi connectivity index (χ2v) is 6.21. The molecule has 2 aliphatic rings. The Balaban J connectivity index is 1.83. The average molecular weight is 297 g/mol. The molecule has 0 radical (unpaired) electrons. The third-order valence-corrected chi connectivity index (χ3v) is 5.06. The maximum atomic E-state index is 13.8. The summed E-state index contributed by atoms with van der Waals surface area (Å²) >= 11 is 0. The Morgan fingerprint density at radius 3 is 2.38 bits per heavy atom. The predicted molar refractivity (Wildman–Crippen MR) is 72.3 cm³/mol. The highest BCUT2D eigenvalue weighted by Gasteiger charge is 2.40. The van der Waals surface area contributed by atoms with Crippen molar-refractivity contribution in [3.63, 3.8) is 0 Å². The van der Waals surface area contributed by atoms with Gasteiger partial charge in [0.15, 0.2) is 23.2 Å². The van der Waals surface area contributed by atoms with Gasteiger partial charge in [0.2, 0.25) is 0 Å². The quantitative estimate of drug-likeness (QED) is 0.852. The molecule has 0 saturated heterocycles. The number of halogens is 3. The lowest BCUT2D eigenvalue weighted by molar-refractivity contribution is 0.0851. The van der Waals surface area contributed by atoms with E-state index in [0.717, 1.165) is 31.7 Å². The minimum Gasteiger partial charge on any atom is -0.330 e. The van der Waals surface area contributed by atoms with Crippen molar-refractivity contribution in [2.24, 2.45) is 23.5 Å². The van der Waals surface area contributed by atoms with E-state index in [4.69, 9.17) is 5.73 Å². The first-order chi connectivity index (χ1) is 10.0. The normalized spacial score (nSPS) is 28.8. The van der Waals surface area contributed by atoms with Crippen molar-refractivity contribution < 1.29 is 18.0 Å². The van der Waals surface area contributed by atoms with Crippen molar-refractivity contribution in [3.05, 3.63) is 34.6 Å². The summed E-state index contributed by atoms with van der Waals surface area (Å²) in [5.41, 5.74) is 5.72. The van der Waals surface area contributed by atoms with Crippen LogP contribution in [0.25, 0.3) is 0 Å². The zero-order chi connectivity index (χ0) is 15.1. The summed E-state index contributed by atoms with van der Waals surface area (Å²) in [5, 5.41) is 0.